The second kappa shape index (κ2) is 5.37. The number of hydrogen-bond acceptors (Lipinski definition) is 6. The number of carbonyl (C=O) groups excluding carboxylic acids is 1. The molecule has 10 heteroatoms. The third-order valence-electron chi connectivity index (χ3n) is 2.16. The van der Waals surface area contributed by atoms with Crippen LogP contribution in [0.4, 0.5) is 10.1 Å². The lowest BCUT2D eigenvalue weighted by Crippen LogP contribution is -2.36. The molecule has 0 spiro atoms. The zero-order valence-electron chi connectivity index (χ0n) is 10.8. The van der Waals surface area contributed by atoms with Gasteiger partial charge >= 0.3 is 5.97 Å². The summed E-state index contributed by atoms with van der Waals surface area (Å²) in [5, 5.41) is 0. The van der Waals surface area contributed by atoms with Crippen molar-refractivity contribution in [3.63, 3.8) is 0 Å². The minimum atomic E-state index is -4.29. The Hall–Kier alpha value is -1.68. The number of ether oxygens (including phenoxy) is 1. The highest BCUT2D eigenvalue weighted by Gasteiger charge is 2.31. The van der Waals surface area contributed by atoms with Crippen molar-refractivity contribution < 1.29 is 30.8 Å². The summed E-state index contributed by atoms with van der Waals surface area (Å²) in [7, 11) is -7.54. The minimum Gasteiger partial charge on any atom is -0.465 e. The van der Waals surface area contributed by atoms with Crippen molar-refractivity contribution in [2.24, 2.45) is 0 Å². The molecule has 0 aliphatic carbocycles. The number of benzene rings is 1. The van der Waals surface area contributed by atoms with Gasteiger partial charge in [-0.1, -0.05) is 0 Å². The van der Waals surface area contributed by atoms with Crippen LogP contribution in [0, 0.1) is 5.82 Å². The molecule has 0 unspecified atom stereocenters. The molecular formula is C10H12FNO6S2. The standard InChI is InChI=1S/C10H12FNO6S2/c1-18-10(13)8-5-4-7(11)6-9(8)12(19(2,14)15)20(3,16)17/h4-6H,1-3H3. The minimum absolute atomic E-state index is 0.0185. The highest BCUT2D eigenvalue weighted by atomic mass is 32.3. The van der Waals surface area contributed by atoms with E-state index >= 15 is 0 Å². The molecule has 0 N–H and O–H groups in total. The summed E-state index contributed by atoms with van der Waals surface area (Å²) in [5.74, 6) is -1.89. The molecule has 0 saturated heterocycles. The van der Waals surface area contributed by atoms with E-state index in [2.05, 4.69) is 4.74 Å². The van der Waals surface area contributed by atoms with Gasteiger partial charge in [-0.2, -0.15) is 3.71 Å². The van der Waals surface area contributed by atoms with Crippen LogP contribution in [-0.2, 0) is 24.8 Å². The summed E-state index contributed by atoms with van der Waals surface area (Å²) in [6.45, 7) is 0. The Bertz CT molecular complexity index is 709. The monoisotopic (exact) mass is 325 g/mol. The van der Waals surface area contributed by atoms with Crippen molar-refractivity contribution in [3.05, 3.63) is 29.6 Å². The Morgan fingerprint density at radius 3 is 2.05 bits per heavy atom. The Balaban J connectivity index is 3.73. The third kappa shape index (κ3) is 3.45. The Kier molecular flexibility index (Phi) is 4.39. The van der Waals surface area contributed by atoms with Gasteiger partial charge in [0.2, 0.25) is 20.0 Å². The van der Waals surface area contributed by atoms with Crippen molar-refractivity contribution in [1.82, 2.24) is 0 Å². The Morgan fingerprint density at radius 1 is 1.15 bits per heavy atom. The zero-order chi connectivity index (χ0) is 15.7. The fourth-order valence-electron chi connectivity index (χ4n) is 1.54. The molecule has 1 aromatic rings. The topological polar surface area (TPSA) is 97.8 Å². The van der Waals surface area contributed by atoms with E-state index in [0.29, 0.717) is 18.6 Å². The number of anilines is 1. The molecule has 112 valence electrons. The molecule has 0 heterocycles. The SMILES string of the molecule is COC(=O)c1ccc(F)cc1N(S(C)(=O)=O)S(C)(=O)=O. The second-order valence-electron chi connectivity index (χ2n) is 3.88. The maximum absolute atomic E-state index is 13.3. The smallest absolute Gasteiger partial charge is 0.340 e. The van der Waals surface area contributed by atoms with E-state index in [1.54, 1.807) is 0 Å². The van der Waals surface area contributed by atoms with Crippen LogP contribution in [0.25, 0.3) is 0 Å². The van der Waals surface area contributed by atoms with E-state index in [-0.39, 0.29) is 9.27 Å². The van der Waals surface area contributed by atoms with E-state index in [0.717, 1.165) is 19.2 Å². The van der Waals surface area contributed by atoms with Gasteiger partial charge < -0.3 is 4.74 Å². The van der Waals surface area contributed by atoms with Crippen LogP contribution in [0.5, 0.6) is 0 Å². The van der Waals surface area contributed by atoms with Gasteiger partial charge in [0.15, 0.2) is 0 Å². The fraction of sp³-hybridized carbons (Fsp3) is 0.300. The average molecular weight is 325 g/mol. The van der Waals surface area contributed by atoms with Crippen LogP contribution in [0.15, 0.2) is 18.2 Å². The van der Waals surface area contributed by atoms with Crippen LogP contribution in [-0.4, -0.2) is 42.4 Å². The van der Waals surface area contributed by atoms with Gasteiger partial charge in [-0.3, -0.25) is 0 Å². The predicted octanol–water partition coefficient (Wildman–Crippen LogP) is 0.338. The van der Waals surface area contributed by atoms with Gasteiger partial charge in [-0.25, -0.2) is 26.0 Å². The second-order valence-corrected chi connectivity index (χ2v) is 7.77. The van der Waals surface area contributed by atoms with Gasteiger partial charge in [0.05, 0.1) is 30.9 Å². The number of hydrogen-bond donors (Lipinski definition) is 0. The van der Waals surface area contributed by atoms with Crippen LogP contribution >= 0.6 is 0 Å². The largest absolute Gasteiger partial charge is 0.465 e. The summed E-state index contributed by atoms with van der Waals surface area (Å²) in [6, 6.07) is 2.46. The van der Waals surface area contributed by atoms with Crippen LogP contribution in [0.1, 0.15) is 10.4 Å². The molecule has 1 aromatic carbocycles. The van der Waals surface area contributed by atoms with Gasteiger partial charge in [-0.15, -0.1) is 0 Å². The average Bonchev–Trinajstić information content (AvgIpc) is 2.24. The molecule has 1 rings (SSSR count). The molecule has 0 aliphatic heterocycles. The number of esters is 1. The summed E-state index contributed by atoms with van der Waals surface area (Å²) in [6.07, 6.45) is 1.25. The predicted molar refractivity (Wildman–Crippen MR) is 69.9 cm³/mol. The molecule has 0 bridgehead atoms. The normalized spacial score (nSPS) is 12.0. The first-order valence-electron chi connectivity index (χ1n) is 5.07. The number of nitrogens with zero attached hydrogens (tertiary/aromatic N) is 1. The Morgan fingerprint density at radius 2 is 1.65 bits per heavy atom. The van der Waals surface area contributed by atoms with Crippen LogP contribution in [0.2, 0.25) is 0 Å². The quantitative estimate of drug-likeness (QED) is 0.740. The highest BCUT2D eigenvalue weighted by molar-refractivity contribution is 8.09. The van der Waals surface area contributed by atoms with Crippen molar-refractivity contribution >= 4 is 31.7 Å². The summed E-state index contributed by atoms with van der Waals surface area (Å²) in [4.78, 5) is 11.5. The fourth-order valence-corrected chi connectivity index (χ4v) is 4.53. The lowest BCUT2D eigenvalue weighted by molar-refractivity contribution is 0.0602. The number of rotatable bonds is 4. The van der Waals surface area contributed by atoms with Gasteiger partial charge in [0, 0.05) is 6.07 Å². The first-order valence-corrected chi connectivity index (χ1v) is 8.76. The molecule has 0 aliphatic rings. The summed E-state index contributed by atoms with van der Waals surface area (Å²) < 4.78 is 64.2. The van der Waals surface area contributed by atoms with Crippen molar-refractivity contribution in [3.8, 4) is 0 Å². The van der Waals surface area contributed by atoms with Crippen LogP contribution < -0.4 is 3.71 Å². The molecule has 0 aromatic heterocycles. The summed E-state index contributed by atoms with van der Waals surface area (Å²) >= 11 is 0. The number of carbonyl (C=O) groups is 1. The molecular weight excluding hydrogens is 313 g/mol. The van der Waals surface area contributed by atoms with Crippen LogP contribution in [0.3, 0.4) is 0 Å². The number of halogens is 1. The molecule has 7 nitrogen and oxygen atoms in total. The van der Waals surface area contributed by atoms with E-state index in [4.69, 9.17) is 0 Å². The van der Waals surface area contributed by atoms with Crippen molar-refractivity contribution in [1.29, 1.82) is 0 Å². The molecule has 0 radical (unpaired) electrons. The number of sulfonamides is 2. The van der Waals surface area contributed by atoms with E-state index in [9.17, 15) is 26.0 Å². The van der Waals surface area contributed by atoms with Crippen molar-refractivity contribution in [2.75, 3.05) is 23.3 Å². The maximum atomic E-state index is 13.3. The molecule has 0 amide bonds. The highest BCUT2D eigenvalue weighted by Crippen LogP contribution is 2.27. The van der Waals surface area contributed by atoms with E-state index in [1.807, 2.05) is 0 Å². The van der Waals surface area contributed by atoms with Crippen molar-refractivity contribution in [2.45, 2.75) is 0 Å². The van der Waals surface area contributed by atoms with Gasteiger partial charge in [0.1, 0.15) is 5.82 Å². The first kappa shape index (κ1) is 16.4. The van der Waals surface area contributed by atoms with Gasteiger partial charge in [-0.05, 0) is 12.1 Å². The summed E-state index contributed by atoms with van der Waals surface area (Å²) in [5.41, 5.74) is -1.01. The number of methoxy groups -OCH3 is 1. The lowest BCUT2D eigenvalue weighted by Gasteiger charge is -2.21. The van der Waals surface area contributed by atoms with Gasteiger partial charge in [0.25, 0.3) is 0 Å². The first-order chi connectivity index (χ1) is 8.98. The maximum Gasteiger partial charge on any atom is 0.340 e. The lowest BCUT2D eigenvalue weighted by atomic mass is 10.2. The molecule has 0 atom stereocenters. The molecule has 20 heavy (non-hydrogen) atoms. The Labute approximate surface area is 116 Å². The van der Waals surface area contributed by atoms with E-state index in [1.165, 1.54) is 0 Å². The molecule has 0 saturated carbocycles. The molecule has 0 fully saturated rings. The third-order valence-corrected chi connectivity index (χ3v) is 5.39. The zero-order valence-corrected chi connectivity index (χ0v) is 12.5. The van der Waals surface area contributed by atoms with E-state index < -0.39 is 37.5 Å².